The first kappa shape index (κ1) is 21.3. The lowest BCUT2D eigenvalue weighted by Gasteiger charge is -2.36. The Bertz CT molecular complexity index is 862. The zero-order valence-electron chi connectivity index (χ0n) is 17.1. The number of amides is 3. The van der Waals surface area contributed by atoms with E-state index < -0.39 is 11.8 Å². The van der Waals surface area contributed by atoms with Crippen molar-refractivity contribution < 1.29 is 14.4 Å². The van der Waals surface area contributed by atoms with E-state index in [2.05, 4.69) is 37.9 Å². The van der Waals surface area contributed by atoms with Crippen molar-refractivity contribution in [2.24, 2.45) is 0 Å². The number of nitrogens with one attached hydrogen (secondary N) is 3. The van der Waals surface area contributed by atoms with E-state index in [-0.39, 0.29) is 5.91 Å². The number of benzene rings is 2. The Balaban J connectivity index is 1.35. The van der Waals surface area contributed by atoms with Gasteiger partial charge in [-0.2, -0.15) is 0 Å². The van der Waals surface area contributed by atoms with Crippen LogP contribution in [0.3, 0.4) is 0 Å². The molecule has 0 radical (unpaired) electrons. The van der Waals surface area contributed by atoms with Gasteiger partial charge in [-0.25, -0.2) is 0 Å². The molecule has 0 aliphatic carbocycles. The van der Waals surface area contributed by atoms with E-state index in [0.29, 0.717) is 24.5 Å². The van der Waals surface area contributed by atoms with Crippen LogP contribution in [-0.2, 0) is 14.4 Å². The van der Waals surface area contributed by atoms with Gasteiger partial charge < -0.3 is 20.9 Å². The van der Waals surface area contributed by atoms with Gasteiger partial charge in [-0.05, 0) is 36.4 Å². The normalized spacial score (nSPS) is 14.1. The highest BCUT2D eigenvalue weighted by atomic mass is 16.2. The SMILES string of the molecule is CC(=O)Nc1ccc(NC(=O)C(=O)NCCN2CCN(c3ccccc3)CC2)cc1. The molecule has 0 saturated carbocycles. The van der Waals surface area contributed by atoms with E-state index in [1.54, 1.807) is 24.3 Å². The average molecular weight is 409 g/mol. The molecule has 0 bridgehead atoms. The van der Waals surface area contributed by atoms with E-state index in [4.69, 9.17) is 0 Å². The standard InChI is InChI=1S/C22H27N5O3/c1-17(28)24-18-7-9-19(10-8-18)25-22(30)21(29)23-11-12-26-13-15-27(16-14-26)20-5-3-2-4-6-20/h2-10H,11-16H2,1H3,(H,23,29)(H,24,28)(H,25,30). The van der Waals surface area contributed by atoms with Crippen molar-refractivity contribution in [2.45, 2.75) is 6.92 Å². The molecule has 30 heavy (non-hydrogen) atoms. The fourth-order valence-corrected chi connectivity index (χ4v) is 3.30. The maximum Gasteiger partial charge on any atom is 0.313 e. The predicted octanol–water partition coefficient (Wildman–Crippen LogP) is 1.52. The van der Waals surface area contributed by atoms with E-state index >= 15 is 0 Å². The van der Waals surface area contributed by atoms with Crippen molar-refractivity contribution in [3.8, 4) is 0 Å². The van der Waals surface area contributed by atoms with Crippen molar-refractivity contribution in [2.75, 3.05) is 54.8 Å². The summed E-state index contributed by atoms with van der Waals surface area (Å²) in [5.41, 5.74) is 2.34. The number of carbonyl (C=O) groups excluding carboxylic acids is 3. The summed E-state index contributed by atoms with van der Waals surface area (Å²) in [6.07, 6.45) is 0. The second-order valence-corrected chi connectivity index (χ2v) is 7.13. The highest BCUT2D eigenvalue weighted by Gasteiger charge is 2.18. The van der Waals surface area contributed by atoms with Crippen molar-refractivity contribution >= 4 is 34.8 Å². The molecule has 8 nitrogen and oxygen atoms in total. The van der Waals surface area contributed by atoms with Crippen LogP contribution in [0.5, 0.6) is 0 Å². The van der Waals surface area contributed by atoms with Crippen LogP contribution in [0.1, 0.15) is 6.92 Å². The molecule has 2 aromatic carbocycles. The summed E-state index contributed by atoms with van der Waals surface area (Å²) in [7, 11) is 0. The minimum Gasteiger partial charge on any atom is -0.369 e. The number of anilines is 3. The third kappa shape index (κ3) is 6.31. The highest BCUT2D eigenvalue weighted by molar-refractivity contribution is 6.39. The molecule has 1 aliphatic heterocycles. The number of hydrogen-bond acceptors (Lipinski definition) is 5. The van der Waals surface area contributed by atoms with Crippen LogP contribution in [0.2, 0.25) is 0 Å². The van der Waals surface area contributed by atoms with Crippen LogP contribution in [0, 0.1) is 0 Å². The number of rotatable bonds is 6. The van der Waals surface area contributed by atoms with E-state index in [0.717, 1.165) is 26.2 Å². The van der Waals surface area contributed by atoms with Crippen molar-refractivity contribution in [3.05, 3.63) is 54.6 Å². The number of piperazine rings is 1. The Morgan fingerprint density at radius 2 is 1.40 bits per heavy atom. The molecule has 1 saturated heterocycles. The highest BCUT2D eigenvalue weighted by Crippen LogP contribution is 2.15. The zero-order valence-corrected chi connectivity index (χ0v) is 17.1. The van der Waals surface area contributed by atoms with Crippen LogP contribution < -0.4 is 20.9 Å². The Labute approximate surface area is 176 Å². The molecule has 158 valence electrons. The fourth-order valence-electron chi connectivity index (χ4n) is 3.30. The van der Waals surface area contributed by atoms with Crippen LogP contribution in [0.15, 0.2) is 54.6 Å². The third-order valence-electron chi connectivity index (χ3n) is 4.88. The Morgan fingerprint density at radius 1 is 0.800 bits per heavy atom. The monoisotopic (exact) mass is 409 g/mol. The summed E-state index contributed by atoms with van der Waals surface area (Å²) >= 11 is 0. The Morgan fingerprint density at radius 3 is 2.00 bits per heavy atom. The molecule has 1 aliphatic rings. The molecule has 1 fully saturated rings. The van der Waals surface area contributed by atoms with Gasteiger partial charge in [0.2, 0.25) is 5.91 Å². The summed E-state index contributed by atoms with van der Waals surface area (Å²) in [6, 6.07) is 16.9. The van der Waals surface area contributed by atoms with Crippen molar-refractivity contribution in [1.82, 2.24) is 10.2 Å². The van der Waals surface area contributed by atoms with Gasteiger partial charge in [0.05, 0.1) is 0 Å². The topological polar surface area (TPSA) is 93.8 Å². The van der Waals surface area contributed by atoms with Gasteiger partial charge in [0.25, 0.3) is 0 Å². The first-order valence-corrected chi connectivity index (χ1v) is 10.0. The van der Waals surface area contributed by atoms with Crippen LogP contribution in [-0.4, -0.2) is 61.9 Å². The van der Waals surface area contributed by atoms with Crippen LogP contribution >= 0.6 is 0 Å². The minimum atomic E-state index is -0.712. The quantitative estimate of drug-likeness (QED) is 0.629. The molecule has 3 rings (SSSR count). The van der Waals surface area contributed by atoms with Gasteiger partial charge >= 0.3 is 11.8 Å². The molecule has 0 spiro atoms. The number of carbonyl (C=O) groups is 3. The van der Waals surface area contributed by atoms with Crippen LogP contribution in [0.4, 0.5) is 17.1 Å². The molecular formula is C22H27N5O3. The Hall–Kier alpha value is -3.39. The lowest BCUT2D eigenvalue weighted by Crippen LogP contribution is -2.49. The summed E-state index contributed by atoms with van der Waals surface area (Å²) in [4.78, 5) is 39.7. The summed E-state index contributed by atoms with van der Waals surface area (Å²) < 4.78 is 0. The molecule has 3 amide bonds. The molecule has 1 heterocycles. The lowest BCUT2D eigenvalue weighted by atomic mass is 10.2. The number of para-hydroxylation sites is 1. The molecule has 0 aromatic heterocycles. The molecule has 3 N–H and O–H groups in total. The van der Waals surface area contributed by atoms with Gasteiger partial charge in [0, 0.05) is 63.3 Å². The second kappa shape index (κ2) is 10.4. The maximum absolute atomic E-state index is 12.0. The van der Waals surface area contributed by atoms with E-state index in [1.807, 2.05) is 18.2 Å². The van der Waals surface area contributed by atoms with Gasteiger partial charge in [0.15, 0.2) is 0 Å². The first-order chi connectivity index (χ1) is 14.5. The zero-order chi connectivity index (χ0) is 21.3. The van der Waals surface area contributed by atoms with Crippen molar-refractivity contribution in [1.29, 1.82) is 0 Å². The third-order valence-corrected chi connectivity index (χ3v) is 4.88. The molecule has 8 heteroatoms. The molecular weight excluding hydrogens is 382 g/mol. The minimum absolute atomic E-state index is 0.173. The summed E-state index contributed by atoms with van der Waals surface area (Å²) in [5, 5.41) is 7.86. The van der Waals surface area contributed by atoms with Crippen LogP contribution in [0.25, 0.3) is 0 Å². The van der Waals surface area contributed by atoms with Crippen molar-refractivity contribution in [3.63, 3.8) is 0 Å². The van der Waals surface area contributed by atoms with E-state index in [9.17, 15) is 14.4 Å². The second-order valence-electron chi connectivity index (χ2n) is 7.13. The number of nitrogens with zero attached hydrogens (tertiary/aromatic N) is 2. The fraction of sp³-hybridized carbons (Fsp3) is 0.318. The van der Waals surface area contributed by atoms with E-state index in [1.165, 1.54) is 12.6 Å². The molecule has 0 unspecified atom stereocenters. The largest absolute Gasteiger partial charge is 0.369 e. The smallest absolute Gasteiger partial charge is 0.313 e. The molecule has 2 aromatic rings. The predicted molar refractivity (Wildman–Crippen MR) is 117 cm³/mol. The summed E-state index contributed by atoms with van der Waals surface area (Å²) in [5.74, 6) is -1.55. The number of hydrogen-bond donors (Lipinski definition) is 3. The average Bonchev–Trinajstić information content (AvgIpc) is 2.76. The van der Waals surface area contributed by atoms with Gasteiger partial charge in [-0.3, -0.25) is 19.3 Å². The first-order valence-electron chi connectivity index (χ1n) is 10.0. The maximum atomic E-state index is 12.0. The van der Waals surface area contributed by atoms with Gasteiger partial charge in [-0.15, -0.1) is 0 Å². The van der Waals surface area contributed by atoms with Gasteiger partial charge in [0.1, 0.15) is 0 Å². The summed E-state index contributed by atoms with van der Waals surface area (Å²) in [6.45, 7) is 6.24. The molecule has 0 atom stereocenters. The van der Waals surface area contributed by atoms with Gasteiger partial charge in [-0.1, -0.05) is 18.2 Å². The Kier molecular flexibility index (Phi) is 7.40. The lowest BCUT2D eigenvalue weighted by molar-refractivity contribution is -0.136.